The van der Waals surface area contributed by atoms with Crippen LogP contribution in [0, 0.1) is 24.7 Å². The highest BCUT2D eigenvalue weighted by Crippen LogP contribution is 2.56. The number of ether oxygens (including phenoxy) is 1. The molecular weight excluding hydrogens is 336 g/mol. The number of benzene rings is 1. The third-order valence-corrected chi connectivity index (χ3v) is 7.62. The molecule has 2 N–H and O–H groups in total. The van der Waals surface area contributed by atoms with Gasteiger partial charge in [-0.25, -0.2) is 0 Å². The van der Waals surface area contributed by atoms with Gasteiger partial charge in [0.25, 0.3) is 0 Å². The Hall–Kier alpha value is -1.39. The van der Waals surface area contributed by atoms with Crippen molar-refractivity contribution in [2.24, 2.45) is 17.8 Å². The van der Waals surface area contributed by atoms with E-state index in [0.29, 0.717) is 30.4 Å². The zero-order chi connectivity index (χ0) is 19.4. The number of hydrogen-bond acceptors (Lipinski definition) is 3. The van der Waals surface area contributed by atoms with E-state index in [1.165, 1.54) is 17.5 Å². The van der Waals surface area contributed by atoms with Crippen molar-refractivity contribution in [1.82, 2.24) is 10.6 Å². The van der Waals surface area contributed by atoms with Crippen LogP contribution in [0.4, 0.5) is 0 Å². The van der Waals surface area contributed by atoms with Crippen LogP contribution in [0.3, 0.4) is 0 Å². The van der Waals surface area contributed by atoms with E-state index < -0.39 is 0 Å². The number of hydrogen-bond donors (Lipinski definition) is 2. The maximum atomic E-state index is 12.3. The van der Waals surface area contributed by atoms with Crippen LogP contribution in [0.25, 0.3) is 0 Å². The minimum Gasteiger partial charge on any atom is -0.373 e. The Labute approximate surface area is 163 Å². The summed E-state index contributed by atoms with van der Waals surface area (Å²) in [5.74, 6) is 1.43. The van der Waals surface area contributed by atoms with Gasteiger partial charge in [0, 0.05) is 31.0 Å². The molecule has 148 valence electrons. The van der Waals surface area contributed by atoms with E-state index in [9.17, 15) is 4.79 Å². The Morgan fingerprint density at radius 2 is 1.85 bits per heavy atom. The average molecular weight is 371 g/mol. The van der Waals surface area contributed by atoms with Crippen molar-refractivity contribution >= 4 is 5.91 Å². The molecule has 3 fully saturated rings. The molecule has 27 heavy (non-hydrogen) atoms. The lowest BCUT2D eigenvalue weighted by Crippen LogP contribution is -2.73. The summed E-state index contributed by atoms with van der Waals surface area (Å²) >= 11 is 0. The second-order valence-corrected chi connectivity index (χ2v) is 9.71. The zero-order valence-electron chi connectivity index (χ0n) is 17.3. The molecule has 1 aromatic rings. The largest absolute Gasteiger partial charge is 0.373 e. The molecule has 0 radical (unpaired) electrons. The van der Waals surface area contributed by atoms with Crippen LogP contribution in [0.1, 0.15) is 64.2 Å². The van der Waals surface area contributed by atoms with Crippen LogP contribution in [0.5, 0.6) is 0 Å². The van der Waals surface area contributed by atoms with Gasteiger partial charge >= 0.3 is 0 Å². The molecule has 4 heteroatoms. The average Bonchev–Trinajstić information content (AvgIpc) is 2.59. The van der Waals surface area contributed by atoms with E-state index in [4.69, 9.17) is 4.74 Å². The van der Waals surface area contributed by atoms with E-state index in [2.05, 4.69) is 62.6 Å². The topological polar surface area (TPSA) is 50.4 Å². The molecule has 2 heterocycles. The minimum absolute atomic E-state index is 0.0533. The smallest absolute Gasteiger partial charge is 0.217 e. The third kappa shape index (κ3) is 3.11. The van der Waals surface area contributed by atoms with Crippen LogP contribution >= 0.6 is 0 Å². The summed E-state index contributed by atoms with van der Waals surface area (Å²) in [6.07, 6.45) is 3.22. The number of amides is 1. The van der Waals surface area contributed by atoms with Gasteiger partial charge in [-0.15, -0.1) is 0 Å². The summed E-state index contributed by atoms with van der Waals surface area (Å²) in [7, 11) is 0. The molecule has 1 amide bonds. The first-order chi connectivity index (χ1) is 12.7. The molecule has 1 saturated carbocycles. The Balaban J connectivity index is 1.78. The quantitative estimate of drug-likeness (QED) is 0.834. The van der Waals surface area contributed by atoms with E-state index >= 15 is 0 Å². The summed E-state index contributed by atoms with van der Waals surface area (Å²) in [6, 6.07) is 9.14. The maximum absolute atomic E-state index is 12.3. The van der Waals surface area contributed by atoms with Gasteiger partial charge in [0.1, 0.15) is 0 Å². The van der Waals surface area contributed by atoms with Crippen LogP contribution < -0.4 is 10.6 Å². The van der Waals surface area contributed by atoms with E-state index in [1.54, 1.807) is 6.92 Å². The molecule has 4 rings (SSSR count). The van der Waals surface area contributed by atoms with Crippen molar-refractivity contribution in [3.63, 3.8) is 0 Å². The van der Waals surface area contributed by atoms with Gasteiger partial charge in [-0.3, -0.25) is 4.79 Å². The third-order valence-electron chi connectivity index (χ3n) is 7.62. The Bertz CT molecular complexity index is 714. The number of piperidine rings is 1. The van der Waals surface area contributed by atoms with Crippen LogP contribution in [0.2, 0.25) is 0 Å². The Morgan fingerprint density at radius 3 is 2.52 bits per heavy atom. The molecule has 2 bridgehead atoms. The molecular formula is C23H34N2O2. The van der Waals surface area contributed by atoms with E-state index in [1.807, 2.05) is 0 Å². The minimum atomic E-state index is -0.181. The highest BCUT2D eigenvalue weighted by Gasteiger charge is 2.60. The van der Waals surface area contributed by atoms with Crippen molar-refractivity contribution < 1.29 is 9.53 Å². The maximum Gasteiger partial charge on any atom is 0.217 e. The summed E-state index contributed by atoms with van der Waals surface area (Å²) in [5, 5.41) is 7.32. The molecule has 6 atom stereocenters. The fraction of sp³-hybridized carbons (Fsp3) is 0.696. The lowest BCUT2D eigenvalue weighted by atomic mass is 9.52. The molecule has 3 aliphatic rings. The number of rotatable bonds is 2. The zero-order valence-corrected chi connectivity index (χ0v) is 17.3. The SMILES string of the molecule is CC(=O)N[C@]12CCO[C@@H](c3ccc(C)cc3)[C@@H]1CC1CC2[C@@H](C)NC1(C)C. The molecule has 0 spiro atoms. The van der Waals surface area contributed by atoms with Crippen molar-refractivity contribution in [2.45, 2.75) is 77.1 Å². The Morgan fingerprint density at radius 1 is 1.19 bits per heavy atom. The standard InChI is InChI=1S/C23H34N2O2/c1-14-6-8-17(9-7-14)21-20-13-18-12-19(15(2)24-22(18,4)5)23(20,10-11-27-21)25-16(3)26/h6-9,15,18-21,24H,10-13H2,1-5H3,(H,25,26)/t15-,18?,19?,20+,21+,23+/m1/s1. The normalized spacial score (nSPS) is 40.1. The molecule has 1 aliphatic carbocycles. The van der Waals surface area contributed by atoms with Gasteiger partial charge in [-0.1, -0.05) is 29.8 Å². The molecule has 2 saturated heterocycles. The summed E-state index contributed by atoms with van der Waals surface area (Å²) in [5.41, 5.74) is 2.45. The first-order valence-electron chi connectivity index (χ1n) is 10.5. The lowest BCUT2D eigenvalue weighted by molar-refractivity contribution is -0.160. The van der Waals surface area contributed by atoms with Gasteiger partial charge in [0.15, 0.2) is 0 Å². The van der Waals surface area contributed by atoms with Gasteiger partial charge < -0.3 is 15.4 Å². The Kier molecular flexibility index (Phi) is 4.63. The van der Waals surface area contributed by atoms with Crippen molar-refractivity contribution in [3.05, 3.63) is 35.4 Å². The molecule has 1 aromatic carbocycles. The highest BCUT2D eigenvalue weighted by atomic mass is 16.5. The predicted octanol–water partition coefficient (Wildman–Crippen LogP) is 3.74. The molecule has 2 aliphatic heterocycles. The lowest BCUT2D eigenvalue weighted by Gasteiger charge is -2.63. The van der Waals surface area contributed by atoms with Gasteiger partial charge in [0.2, 0.25) is 5.91 Å². The van der Waals surface area contributed by atoms with Gasteiger partial charge in [-0.2, -0.15) is 0 Å². The fourth-order valence-electron chi connectivity index (χ4n) is 6.35. The van der Waals surface area contributed by atoms with Crippen molar-refractivity contribution in [2.75, 3.05) is 6.61 Å². The van der Waals surface area contributed by atoms with E-state index in [-0.39, 0.29) is 23.1 Å². The molecule has 4 nitrogen and oxygen atoms in total. The summed E-state index contributed by atoms with van der Waals surface area (Å²) in [6.45, 7) is 11.4. The van der Waals surface area contributed by atoms with Crippen molar-refractivity contribution in [3.8, 4) is 0 Å². The number of nitrogens with one attached hydrogen (secondary N) is 2. The van der Waals surface area contributed by atoms with Crippen molar-refractivity contribution in [1.29, 1.82) is 0 Å². The van der Waals surface area contributed by atoms with Crippen LogP contribution in [-0.4, -0.2) is 29.6 Å². The second-order valence-electron chi connectivity index (χ2n) is 9.71. The van der Waals surface area contributed by atoms with Crippen LogP contribution in [0.15, 0.2) is 24.3 Å². The van der Waals surface area contributed by atoms with Gasteiger partial charge in [-0.05, 0) is 64.4 Å². The first-order valence-corrected chi connectivity index (χ1v) is 10.5. The fourth-order valence-corrected chi connectivity index (χ4v) is 6.35. The van der Waals surface area contributed by atoms with Gasteiger partial charge in [0.05, 0.1) is 11.6 Å². The number of aryl methyl sites for hydroxylation is 1. The summed E-state index contributed by atoms with van der Waals surface area (Å²) in [4.78, 5) is 12.3. The second kappa shape index (κ2) is 6.59. The molecule has 2 unspecified atom stereocenters. The number of carbonyl (C=O) groups excluding carboxylic acids is 1. The highest BCUT2D eigenvalue weighted by molar-refractivity contribution is 5.74. The van der Waals surface area contributed by atoms with Crippen LogP contribution in [-0.2, 0) is 9.53 Å². The summed E-state index contributed by atoms with van der Waals surface area (Å²) < 4.78 is 6.38. The molecule has 0 aromatic heterocycles. The monoisotopic (exact) mass is 370 g/mol. The predicted molar refractivity (Wildman–Crippen MR) is 107 cm³/mol. The van der Waals surface area contributed by atoms with E-state index in [0.717, 1.165) is 12.8 Å². The first kappa shape index (κ1) is 18.9. The number of carbonyl (C=O) groups is 1. The number of fused-ring (bicyclic) bond motifs is 4.